The number of likely N-dealkylation sites (N-methyl/N-ethyl adjacent to an activating group) is 1. The van der Waals surface area contributed by atoms with Gasteiger partial charge in [-0.15, -0.1) is 0 Å². The van der Waals surface area contributed by atoms with Crippen molar-refractivity contribution >= 4 is 17.5 Å². The summed E-state index contributed by atoms with van der Waals surface area (Å²) in [4.78, 5) is 26.8. The third-order valence-electron chi connectivity index (χ3n) is 5.23. The molecule has 27 heavy (non-hydrogen) atoms. The number of aryl methyl sites for hydroxylation is 1. The Balaban J connectivity index is 1.74. The Labute approximate surface area is 160 Å². The average molecular weight is 365 g/mol. The van der Waals surface area contributed by atoms with Gasteiger partial charge in [0.2, 0.25) is 11.8 Å². The van der Waals surface area contributed by atoms with Crippen LogP contribution in [0.1, 0.15) is 30.0 Å². The van der Waals surface area contributed by atoms with Crippen LogP contribution in [0.2, 0.25) is 0 Å². The summed E-state index contributed by atoms with van der Waals surface area (Å²) in [6.45, 7) is 3.71. The van der Waals surface area contributed by atoms with Crippen LogP contribution < -0.4 is 10.6 Å². The van der Waals surface area contributed by atoms with Gasteiger partial charge in [0, 0.05) is 25.7 Å². The predicted octanol–water partition coefficient (Wildman–Crippen LogP) is 2.75. The Morgan fingerprint density at radius 1 is 1.07 bits per heavy atom. The molecule has 0 spiro atoms. The summed E-state index contributed by atoms with van der Waals surface area (Å²) in [6.07, 6.45) is 1.72. The third kappa shape index (κ3) is 4.55. The predicted molar refractivity (Wildman–Crippen MR) is 107 cm³/mol. The number of amides is 2. The monoisotopic (exact) mass is 365 g/mol. The zero-order chi connectivity index (χ0) is 19.2. The van der Waals surface area contributed by atoms with E-state index in [1.807, 2.05) is 30.3 Å². The zero-order valence-electron chi connectivity index (χ0n) is 16.0. The van der Waals surface area contributed by atoms with Crippen molar-refractivity contribution in [2.45, 2.75) is 38.8 Å². The van der Waals surface area contributed by atoms with Gasteiger partial charge in [-0.1, -0.05) is 49.4 Å². The average Bonchev–Trinajstić information content (AvgIpc) is 2.71. The van der Waals surface area contributed by atoms with Gasteiger partial charge < -0.3 is 10.6 Å². The summed E-state index contributed by atoms with van der Waals surface area (Å²) >= 11 is 0. The molecule has 2 aromatic carbocycles. The molecule has 0 saturated carbocycles. The number of hydrogen-bond acceptors (Lipinski definition) is 3. The maximum absolute atomic E-state index is 13.1. The standard InChI is InChI=1S/C22H27N3O2/c1-3-25-15-18-10-5-4-9-17(18)14-20(25)22(27)24-19-11-7-6-8-16(19)12-13-21(26)23-2/h4-11,20H,3,12-15H2,1-2H3,(H,23,26)(H,24,27). The highest BCUT2D eigenvalue weighted by molar-refractivity contribution is 5.96. The first-order valence-corrected chi connectivity index (χ1v) is 9.52. The van der Waals surface area contributed by atoms with Gasteiger partial charge in [-0.25, -0.2) is 0 Å². The normalized spacial score (nSPS) is 16.4. The third-order valence-corrected chi connectivity index (χ3v) is 5.23. The Morgan fingerprint density at radius 3 is 2.52 bits per heavy atom. The highest BCUT2D eigenvalue weighted by atomic mass is 16.2. The van der Waals surface area contributed by atoms with Crippen LogP contribution >= 0.6 is 0 Å². The second kappa shape index (κ2) is 8.82. The van der Waals surface area contributed by atoms with Crippen LogP contribution in [0.25, 0.3) is 0 Å². The molecular formula is C22H27N3O2. The molecule has 1 aliphatic heterocycles. The molecule has 0 bridgehead atoms. The molecule has 2 aromatic rings. The summed E-state index contributed by atoms with van der Waals surface area (Å²) in [5, 5.41) is 5.74. The molecule has 5 heteroatoms. The van der Waals surface area contributed by atoms with Gasteiger partial charge >= 0.3 is 0 Å². The molecule has 2 amide bonds. The van der Waals surface area contributed by atoms with Crippen LogP contribution in [-0.2, 0) is 29.0 Å². The molecule has 2 N–H and O–H groups in total. The van der Waals surface area contributed by atoms with Crippen molar-refractivity contribution in [2.75, 3.05) is 18.9 Å². The van der Waals surface area contributed by atoms with Crippen molar-refractivity contribution < 1.29 is 9.59 Å². The first kappa shape index (κ1) is 19.1. The molecule has 1 atom stereocenters. The van der Waals surface area contributed by atoms with Gasteiger partial charge in [-0.05, 0) is 42.1 Å². The van der Waals surface area contributed by atoms with Crippen LogP contribution in [0.5, 0.6) is 0 Å². The molecular weight excluding hydrogens is 338 g/mol. The second-order valence-electron chi connectivity index (χ2n) is 6.87. The lowest BCUT2D eigenvalue weighted by Gasteiger charge is -2.35. The number of nitrogens with zero attached hydrogens (tertiary/aromatic N) is 1. The lowest BCUT2D eigenvalue weighted by atomic mass is 9.93. The van der Waals surface area contributed by atoms with Gasteiger partial charge in [-0.3, -0.25) is 14.5 Å². The van der Waals surface area contributed by atoms with Crippen LogP contribution in [0, 0.1) is 0 Å². The molecule has 3 rings (SSSR count). The Hall–Kier alpha value is -2.66. The van der Waals surface area contributed by atoms with Gasteiger partial charge in [0.15, 0.2) is 0 Å². The van der Waals surface area contributed by atoms with Gasteiger partial charge in [0.05, 0.1) is 6.04 Å². The number of anilines is 1. The van der Waals surface area contributed by atoms with E-state index in [-0.39, 0.29) is 17.9 Å². The van der Waals surface area contributed by atoms with Crippen LogP contribution in [-0.4, -0.2) is 36.3 Å². The molecule has 5 nitrogen and oxygen atoms in total. The zero-order valence-corrected chi connectivity index (χ0v) is 16.0. The van der Waals surface area contributed by atoms with E-state index < -0.39 is 0 Å². The molecule has 1 aliphatic rings. The number of para-hydroxylation sites is 1. The second-order valence-corrected chi connectivity index (χ2v) is 6.87. The number of hydrogen-bond donors (Lipinski definition) is 2. The van der Waals surface area contributed by atoms with E-state index in [9.17, 15) is 9.59 Å². The van der Waals surface area contributed by atoms with E-state index in [0.29, 0.717) is 12.8 Å². The van der Waals surface area contributed by atoms with E-state index >= 15 is 0 Å². The van der Waals surface area contributed by atoms with E-state index in [1.54, 1.807) is 7.05 Å². The van der Waals surface area contributed by atoms with Crippen molar-refractivity contribution in [1.82, 2.24) is 10.2 Å². The number of nitrogens with one attached hydrogen (secondary N) is 2. The van der Waals surface area contributed by atoms with Gasteiger partial charge in [0.25, 0.3) is 0 Å². The lowest BCUT2D eigenvalue weighted by Crippen LogP contribution is -2.47. The van der Waals surface area contributed by atoms with E-state index in [1.165, 1.54) is 11.1 Å². The highest BCUT2D eigenvalue weighted by Gasteiger charge is 2.30. The molecule has 0 aromatic heterocycles. The lowest BCUT2D eigenvalue weighted by molar-refractivity contribution is -0.122. The summed E-state index contributed by atoms with van der Waals surface area (Å²) in [5.74, 6) is 0.0101. The van der Waals surface area contributed by atoms with Crippen molar-refractivity contribution in [3.8, 4) is 0 Å². The van der Waals surface area contributed by atoms with Crippen molar-refractivity contribution in [1.29, 1.82) is 0 Å². The molecule has 1 heterocycles. The first-order chi connectivity index (χ1) is 13.1. The van der Waals surface area contributed by atoms with Crippen LogP contribution in [0.3, 0.4) is 0 Å². The summed E-state index contributed by atoms with van der Waals surface area (Å²) in [6, 6.07) is 15.9. The Morgan fingerprint density at radius 2 is 1.78 bits per heavy atom. The minimum Gasteiger partial charge on any atom is -0.359 e. The number of carbonyl (C=O) groups excluding carboxylic acids is 2. The van der Waals surface area contributed by atoms with Crippen molar-refractivity contribution in [2.24, 2.45) is 0 Å². The number of carbonyl (C=O) groups is 2. The number of rotatable bonds is 6. The number of fused-ring (bicyclic) bond motifs is 1. The van der Waals surface area contributed by atoms with Crippen LogP contribution in [0.15, 0.2) is 48.5 Å². The highest BCUT2D eigenvalue weighted by Crippen LogP contribution is 2.25. The van der Waals surface area contributed by atoms with E-state index in [0.717, 1.165) is 30.8 Å². The largest absolute Gasteiger partial charge is 0.359 e. The fraction of sp³-hybridized carbons (Fsp3) is 0.364. The van der Waals surface area contributed by atoms with Crippen molar-refractivity contribution in [3.05, 3.63) is 65.2 Å². The smallest absolute Gasteiger partial charge is 0.242 e. The van der Waals surface area contributed by atoms with Crippen molar-refractivity contribution in [3.63, 3.8) is 0 Å². The fourth-order valence-corrected chi connectivity index (χ4v) is 3.62. The first-order valence-electron chi connectivity index (χ1n) is 9.52. The van der Waals surface area contributed by atoms with Gasteiger partial charge in [-0.2, -0.15) is 0 Å². The molecule has 0 aliphatic carbocycles. The quantitative estimate of drug-likeness (QED) is 0.827. The maximum atomic E-state index is 13.1. The fourth-order valence-electron chi connectivity index (χ4n) is 3.62. The minimum absolute atomic E-state index is 0.00262. The van der Waals surface area contributed by atoms with E-state index in [2.05, 4.69) is 40.7 Å². The number of benzene rings is 2. The summed E-state index contributed by atoms with van der Waals surface area (Å²) < 4.78 is 0. The van der Waals surface area contributed by atoms with E-state index in [4.69, 9.17) is 0 Å². The topological polar surface area (TPSA) is 61.4 Å². The summed E-state index contributed by atoms with van der Waals surface area (Å²) in [5.41, 5.74) is 4.32. The van der Waals surface area contributed by atoms with Crippen LogP contribution in [0.4, 0.5) is 5.69 Å². The molecule has 0 saturated heterocycles. The minimum atomic E-state index is -0.183. The van der Waals surface area contributed by atoms with Gasteiger partial charge in [0.1, 0.15) is 0 Å². The maximum Gasteiger partial charge on any atom is 0.242 e. The Bertz CT molecular complexity index is 819. The SMILES string of the molecule is CCN1Cc2ccccc2CC1C(=O)Nc1ccccc1CCC(=O)NC. The molecule has 0 fully saturated rings. The molecule has 142 valence electrons. The summed E-state index contributed by atoms with van der Waals surface area (Å²) in [7, 11) is 1.64. The molecule has 0 radical (unpaired) electrons. The Kier molecular flexibility index (Phi) is 6.24. The molecule has 1 unspecified atom stereocenters.